The Bertz CT molecular complexity index is 1200. The number of hydrazone groups is 1. The zero-order valence-electron chi connectivity index (χ0n) is 27.5. The van der Waals surface area contributed by atoms with Crippen LogP contribution in [-0.2, 0) is 0 Å². The average molecular weight is 570 g/mol. The fraction of sp³-hybridized carbons (Fsp3) is 0.474. The van der Waals surface area contributed by atoms with Gasteiger partial charge in [0.15, 0.2) is 0 Å². The number of nitrogens with zero attached hydrogens (tertiary/aromatic N) is 3. The van der Waals surface area contributed by atoms with Gasteiger partial charge in [-0.3, -0.25) is 0 Å². The third kappa shape index (κ3) is 9.86. The third-order valence-corrected chi connectivity index (χ3v) is 8.25. The Morgan fingerprint density at radius 1 is 1.14 bits per heavy atom. The van der Waals surface area contributed by atoms with E-state index < -0.39 is 0 Å². The lowest BCUT2D eigenvalue weighted by Gasteiger charge is -2.37. The number of piperidine rings is 1. The van der Waals surface area contributed by atoms with Crippen molar-refractivity contribution in [1.29, 1.82) is 0 Å². The first-order valence-corrected chi connectivity index (χ1v) is 16.0. The van der Waals surface area contributed by atoms with Crippen molar-refractivity contribution >= 4 is 23.9 Å². The van der Waals surface area contributed by atoms with Crippen molar-refractivity contribution in [1.82, 2.24) is 9.91 Å². The first-order valence-electron chi connectivity index (χ1n) is 16.0. The van der Waals surface area contributed by atoms with Crippen molar-refractivity contribution < 1.29 is 4.79 Å². The smallest absolute Gasteiger partial charge is 0.320 e. The molecule has 4 nitrogen and oxygen atoms in total. The molecular formula is C38H55N3O. The molecule has 2 amide bonds. The van der Waals surface area contributed by atoms with Crippen LogP contribution in [0.2, 0.25) is 0 Å². The van der Waals surface area contributed by atoms with Crippen molar-refractivity contribution in [2.75, 3.05) is 6.54 Å². The SMILES string of the molecule is C=C/C(C)=C(\C(C)=C/C(C)CC)c1ccc(/C(=C/N(N=C)C(=O)N2CCCCC2CC(/C=C\CC)=C/C)CCC)cc1. The normalized spacial score (nSPS) is 18.1. The minimum absolute atomic E-state index is 0.0903. The van der Waals surface area contributed by atoms with Crippen LogP contribution in [0.5, 0.6) is 0 Å². The monoisotopic (exact) mass is 569 g/mol. The number of carbonyl (C=O) groups is 1. The van der Waals surface area contributed by atoms with Crippen LogP contribution < -0.4 is 0 Å². The van der Waals surface area contributed by atoms with Gasteiger partial charge < -0.3 is 4.90 Å². The number of hydrogen-bond acceptors (Lipinski definition) is 2. The second-order valence-electron chi connectivity index (χ2n) is 11.5. The predicted octanol–water partition coefficient (Wildman–Crippen LogP) is 11.0. The molecule has 1 aliphatic heterocycles. The van der Waals surface area contributed by atoms with Gasteiger partial charge in [-0.15, -0.1) is 0 Å². The van der Waals surface area contributed by atoms with Crippen LogP contribution in [0.3, 0.4) is 0 Å². The van der Waals surface area contributed by atoms with Crippen LogP contribution in [0.4, 0.5) is 4.79 Å². The maximum Gasteiger partial charge on any atom is 0.344 e. The zero-order chi connectivity index (χ0) is 31.1. The zero-order valence-corrected chi connectivity index (χ0v) is 27.5. The Kier molecular flexibility index (Phi) is 15.1. The van der Waals surface area contributed by atoms with Crippen LogP contribution in [-0.4, -0.2) is 35.2 Å². The van der Waals surface area contributed by atoms with E-state index in [9.17, 15) is 4.79 Å². The number of rotatable bonds is 14. The fourth-order valence-corrected chi connectivity index (χ4v) is 5.62. The number of likely N-dealkylation sites (tertiary alicyclic amines) is 1. The highest BCUT2D eigenvalue weighted by Gasteiger charge is 2.30. The number of hydrogen-bond donors (Lipinski definition) is 0. The molecule has 4 heteroatoms. The molecular weight excluding hydrogens is 514 g/mol. The summed E-state index contributed by atoms with van der Waals surface area (Å²) in [6, 6.07) is 8.77. The molecule has 1 aliphatic rings. The minimum Gasteiger partial charge on any atom is -0.320 e. The van der Waals surface area contributed by atoms with Gasteiger partial charge in [-0.2, -0.15) is 10.1 Å². The van der Waals surface area contributed by atoms with E-state index in [0.29, 0.717) is 5.92 Å². The summed E-state index contributed by atoms with van der Waals surface area (Å²) < 4.78 is 0. The van der Waals surface area contributed by atoms with Crippen LogP contribution in [0.15, 0.2) is 89.2 Å². The van der Waals surface area contributed by atoms with E-state index in [4.69, 9.17) is 0 Å². The molecule has 2 rings (SSSR count). The lowest BCUT2D eigenvalue weighted by Crippen LogP contribution is -2.47. The molecule has 1 saturated heterocycles. The van der Waals surface area contributed by atoms with Gasteiger partial charge in [0.25, 0.3) is 0 Å². The molecule has 1 aromatic rings. The summed E-state index contributed by atoms with van der Waals surface area (Å²) in [7, 11) is 0. The fourth-order valence-electron chi connectivity index (χ4n) is 5.62. The second-order valence-corrected chi connectivity index (χ2v) is 11.5. The molecule has 0 spiro atoms. The number of amides is 2. The highest BCUT2D eigenvalue weighted by Crippen LogP contribution is 2.31. The number of carbonyl (C=O) groups excluding carboxylic acids is 1. The van der Waals surface area contributed by atoms with Gasteiger partial charge in [0, 0.05) is 25.5 Å². The number of benzene rings is 1. The Hall–Kier alpha value is -3.40. The Morgan fingerprint density at radius 3 is 2.40 bits per heavy atom. The van der Waals surface area contributed by atoms with Gasteiger partial charge in [0.2, 0.25) is 0 Å². The molecule has 0 saturated carbocycles. The standard InChI is InChI=1S/C38H55N3O/c1-10-15-19-32(14-5)27-36-20-16-17-25-40(36)38(42)41(39-9)28-35(18-11-2)33-21-23-34(24-22-33)37(30(7)13-4)31(8)26-29(6)12-3/h13-15,19,21-24,26,28-29,36H,4,9-12,16-18,20,25,27H2,1-3,5-8H3/b19-15-,31-26-,32-14+,35-28+,37-30+. The molecule has 0 aliphatic carbocycles. The maximum absolute atomic E-state index is 13.8. The van der Waals surface area contributed by atoms with Crippen molar-refractivity contribution in [2.24, 2.45) is 11.0 Å². The van der Waals surface area contributed by atoms with E-state index in [1.807, 2.05) is 17.2 Å². The van der Waals surface area contributed by atoms with Gasteiger partial charge in [0.05, 0.1) is 0 Å². The quantitative estimate of drug-likeness (QED) is 0.125. The van der Waals surface area contributed by atoms with Crippen LogP contribution in [0.25, 0.3) is 11.1 Å². The van der Waals surface area contributed by atoms with Crippen LogP contribution >= 0.6 is 0 Å². The topological polar surface area (TPSA) is 35.9 Å². The molecule has 0 N–H and O–H groups in total. The van der Waals surface area contributed by atoms with Crippen molar-refractivity contribution in [2.45, 2.75) is 106 Å². The first kappa shape index (κ1) is 34.8. The molecule has 1 heterocycles. The minimum atomic E-state index is -0.0903. The Morgan fingerprint density at radius 2 is 1.83 bits per heavy atom. The summed E-state index contributed by atoms with van der Waals surface area (Å²) in [5, 5.41) is 5.65. The van der Waals surface area contributed by atoms with Crippen molar-refractivity contribution in [3.8, 4) is 0 Å². The van der Waals surface area contributed by atoms with Gasteiger partial charge in [-0.1, -0.05) is 107 Å². The average Bonchev–Trinajstić information content (AvgIpc) is 3.01. The Balaban J connectivity index is 2.40. The molecule has 228 valence electrons. The van der Waals surface area contributed by atoms with Crippen molar-refractivity contribution in [3.05, 3.63) is 95.3 Å². The molecule has 42 heavy (non-hydrogen) atoms. The third-order valence-electron chi connectivity index (χ3n) is 8.25. The highest BCUT2D eigenvalue weighted by atomic mass is 16.2. The van der Waals surface area contributed by atoms with E-state index in [2.05, 4.69) is 115 Å². The van der Waals surface area contributed by atoms with Crippen molar-refractivity contribution in [3.63, 3.8) is 0 Å². The molecule has 0 radical (unpaired) electrons. The number of allylic oxidation sites excluding steroid dienone is 9. The first-order chi connectivity index (χ1) is 20.2. The highest BCUT2D eigenvalue weighted by molar-refractivity contribution is 5.83. The van der Waals surface area contributed by atoms with Crippen LogP contribution in [0.1, 0.15) is 111 Å². The molecule has 1 aromatic carbocycles. The molecule has 2 unspecified atom stereocenters. The van der Waals surface area contributed by atoms with E-state index in [-0.39, 0.29) is 12.1 Å². The Labute approximate surface area is 257 Å². The van der Waals surface area contributed by atoms with E-state index in [0.717, 1.165) is 69.0 Å². The molecule has 0 aromatic heterocycles. The van der Waals surface area contributed by atoms with Gasteiger partial charge in [0.1, 0.15) is 0 Å². The van der Waals surface area contributed by atoms with Gasteiger partial charge in [-0.25, -0.2) is 4.79 Å². The lowest BCUT2D eigenvalue weighted by atomic mass is 9.90. The van der Waals surface area contributed by atoms with Crippen LogP contribution in [0, 0.1) is 5.92 Å². The number of urea groups is 1. The molecule has 1 fully saturated rings. The lowest BCUT2D eigenvalue weighted by molar-refractivity contribution is 0.129. The summed E-state index contributed by atoms with van der Waals surface area (Å²) in [5.74, 6) is 0.516. The van der Waals surface area contributed by atoms with E-state index >= 15 is 0 Å². The van der Waals surface area contributed by atoms with Gasteiger partial charge in [-0.05, 0) is 98.6 Å². The predicted molar refractivity (Wildman–Crippen MR) is 184 cm³/mol. The maximum atomic E-state index is 13.8. The largest absolute Gasteiger partial charge is 0.344 e. The summed E-state index contributed by atoms with van der Waals surface area (Å²) in [5.41, 5.74) is 8.29. The molecule has 0 bridgehead atoms. The second kappa shape index (κ2) is 18.2. The summed E-state index contributed by atoms with van der Waals surface area (Å²) in [6.45, 7) is 23.7. The van der Waals surface area contributed by atoms with Gasteiger partial charge >= 0.3 is 6.03 Å². The summed E-state index contributed by atoms with van der Waals surface area (Å²) in [4.78, 5) is 15.9. The van der Waals surface area contributed by atoms with E-state index in [1.54, 1.807) is 0 Å². The van der Waals surface area contributed by atoms with E-state index in [1.165, 1.54) is 32.9 Å². The summed E-state index contributed by atoms with van der Waals surface area (Å²) in [6.07, 6.45) is 20.7. The molecule has 2 atom stereocenters. The summed E-state index contributed by atoms with van der Waals surface area (Å²) >= 11 is 0.